The van der Waals surface area contributed by atoms with Gasteiger partial charge in [0.15, 0.2) is 6.61 Å². The first-order chi connectivity index (χ1) is 16.0. The summed E-state index contributed by atoms with van der Waals surface area (Å²) >= 11 is 6.00. The van der Waals surface area contributed by atoms with E-state index in [9.17, 15) is 14.0 Å². The van der Waals surface area contributed by atoms with Crippen molar-refractivity contribution in [2.45, 2.75) is 25.9 Å². The van der Waals surface area contributed by atoms with Gasteiger partial charge in [0.25, 0.3) is 5.91 Å². The molecular weight excluding hydrogens is 443 g/mol. The number of carbonyl (C=O) groups excluding carboxylic acids is 2. The lowest BCUT2D eigenvalue weighted by molar-refractivity contribution is -0.142. The largest absolute Gasteiger partial charge is 0.484 e. The standard InChI is InChI=1S/C26H26ClFN2O3/c1-2-29-26(32)24(15-19-7-4-3-5-8-19)30(17-20-11-13-22(28)14-12-20)25(31)18-33-23-10-6-9-21(27)16-23/h3-14,16,24H,2,15,17-18H2,1H3,(H,29,32)/t24-/m0/s1. The number of hydrogen-bond acceptors (Lipinski definition) is 3. The van der Waals surface area contributed by atoms with Gasteiger partial charge in [-0.2, -0.15) is 0 Å². The number of benzene rings is 3. The average Bonchev–Trinajstić information content (AvgIpc) is 2.82. The van der Waals surface area contributed by atoms with E-state index in [4.69, 9.17) is 16.3 Å². The van der Waals surface area contributed by atoms with Crippen LogP contribution in [-0.4, -0.2) is 35.9 Å². The zero-order chi connectivity index (χ0) is 23.6. The minimum Gasteiger partial charge on any atom is -0.484 e. The summed E-state index contributed by atoms with van der Waals surface area (Å²) in [5.74, 6) is -0.549. The third kappa shape index (κ3) is 7.32. The summed E-state index contributed by atoms with van der Waals surface area (Å²) in [5.41, 5.74) is 1.62. The van der Waals surface area contributed by atoms with Crippen LogP contribution >= 0.6 is 11.6 Å². The lowest BCUT2D eigenvalue weighted by Gasteiger charge is -2.31. The number of hydrogen-bond donors (Lipinski definition) is 1. The van der Waals surface area contributed by atoms with Crippen LogP contribution < -0.4 is 10.1 Å². The van der Waals surface area contributed by atoms with Crippen molar-refractivity contribution in [1.82, 2.24) is 10.2 Å². The van der Waals surface area contributed by atoms with Gasteiger partial charge in [0.05, 0.1) is 0 Å². The maximum absolute atomic E-state index is 13.4. The van der Waals surface area contributed by atoms with Crippen molar-refractivity contribution >= 4 is 23.4 Å². The summed E-state index contributed by atoms with van der Waals surface area (Å²) in [6, 6.07) is 21.3. The molecule has 5 nitrogen and oxygen atoms in total. The number of amides is 2. The van der Waals surface area contributed by atoms with E-state index in [1.807, 2.05) is 37.3 Å². The van der Waals surface area contributed by atoms with Crippen LogP contribution in [0.4, 0.5) is 4.39 Å². The summed E-state index contributed by atoms with van der Waals surface area (Å²) < 4.78 is 19.1. The lowest BCUT2D eigenvalue weighted by atomic mass is 10.0. The molecule has 0 aromatic heterocycles. The molecule has 0 spiro atoms. The van der Waals surface area contributed by atoms with Gasteiger partial charge in [-0.3, -0.25) is 9.59 Å². The van der Waals surface area contributed by atoms with Crippen LogP contribution in [0.15, 0.2) is 78.9 Å². The van der Waals surface area contributed by atoms with Crippen LogP contribution in [-0.2, 0) is 22.6 Å². The molecule has 0 heterocycles. The van der Waals surface area contributed by atoms with Crippen LogP contribution in [0.3, 0.4) is 0 Å². The van der Waals surface area contributed by atoms with Crippen molar-refractivity contribution in [1.29, 1.82) is 0 Å². The highest BCUT2D eigenvalue weighted by molar-refractivity contribution is 6.30. The summed E-state index contributed by atoms with van der Waals surface area (Å²) in [5, 5.41) is 3.32. The van der Waals surface area contributed by atoms with Crippen LogP contribution in [0.25, 0.3) is 0 Å². The van der Waals surface area contributed by atoms with Crippen LogP contribution in [0, 0.1) is 5.82 Å². The number of rotatable bonds is 10. The number of nitrogens with zero attached hydrogens (tertiary/aromatic N) is 1. The Kier molecular flexibility index (Phi) is 8.84. The Balaban J connectivity index is 1.88. The molecule has 0 aliphatic heterocycles. The van der Waals surface area contributed by atoms with Gasteiger partial charge in [-0.05, 0) is 48.4 Å². The van der Waals surface area contributed by atoms with Gasteiger partial charge in [0, 0.05) is 24.5 Å². The van der Waals surface area contributed by atoms with Crippen LogP contribution in [0.1, 0.15) is 18.1 Å². The predicted octanol–water partition coefficient (Wildman–Crippen LogP) is 4.63. The molecule has 0 saturated carbocycles. The average molecular weight is 469 g/mol. The first kappa shape index (κ1) is 24.3. The maximum Gasteiger partial charge on any atom is 0.261 e. The highest BCUT2D eigenvalue weighted by Crippen LogP contribution is 2.19. The first-order valence-electron chi connectivity index (χ1n) is 10.7. The molecule has 3 aromatic carbocycles. The number of carbonyl (C=O) groups is 2. The highest BCUT2D eigenvalue weighted by atomic mass is 35.5. The second kappa shape index (κ2) is 12.0. The second-order valence-corrected chi connectivity index (χ2v) is 7.93. The molecule has 0 saturated heterocycles. The van der Waals surface area contributed by atoms with E-state index in [0.717, 1.165) is 5.56 Å². The monoisotopic (exact) mass is 468 g/mol. The van der Waals surface area contributed by atoms with Crippen molar-refractivity contribution < 1.29 is 18.7 Å². The number of nitrogens with one attached hydrogen (secondary N) is 1. The fourth-order valence-electron chi connectivity index (χ4n) is 3.42. The maximum atomic E-state index is 13.4. The second-order valence-electron chi connectivity index (χ2n) is 7.49. The highest BCUT2D eigenvalue weighted by Gasteiger charge is 2.30. The molecule has 7 heteroatoms. The number of likely N-dealkylation sites (N-methyl/N-ethyl adjacent to an activating group) is 1. The Labute approximate surface area is 198 Å². The molecule has 1 atom stereocenters. The topological polar surface area (TPSA) is 58.6 Å². The van der Waals surface area contributed by atoms with Crippen molar-refractivity contribution in [2.24, 2.45) is 0 Å². The quantitative estimate of drug-likeness (QED) is 0.472. The van der Waals surface area contributed by atoms with E-state index in [-0.39, 0.29) is 30.8 Å². The van der Waals surface area contributed by atoms with E-state index in [2.05, 4.69) is 5.32 Å². The molecule has 3 aromatic rings. The van der Waals surface area contributed by atoms with E-state index < -0.39 is 6.04 Å². The van der Waals surface area contributed by atoms with Gasteiger partial charge in [-0.15, -0.1) is 0 Å². The molecule has 0 unspecified atom stereocenters. The molecule has 0 aliphatic rings. The summed E-state index contributed by atoms with van der Waals surface area (Å²) in [6.07, 6.45) is 0.330. The Morgan fingerprint density at radius 3 is 2.39 bits per heavy atom. The van der Waals surface area contributed by atoms with Gasteiger partial charge in [0.2, 0.25) is 5.91 Å². The van der Waals surface area contributed by atoms with Crippen molar-refractivity contribution in [3.8, 4) is 5.75 Å². The van der Waals surface area contributed by atoms with Crippen molar-refractivity contribution in [2.75, 3.05) is 13.2 Å². The number of ether oxygens (including phenoxy) is 1. The third-order valence-corrected chi connectivity index (χ3v) is 5.28. The van der Waals surface area contributed by atoms with E-state index in [1.54, 1.807) is 36.4 Å². The fraction of sp³-hybridized carbons (Fsp3) is 0.231. The molecular formula is C26H26ClFN2O3. The molecule has 2 amide bonds. The van der Waals surface area contributed by atoms with Gasteiger partial charge >= 0.3 is 0 Å². The molecule has 0 radical (unpaired) electrons. The Bertz CT molecular complexity index is 1060. The van der Waals surface area contributed by atoms with Gasteiger partial charge in [-0.1, -0.05) is 60.1 Å². The molecule has 3 rings (SSSR count). The first-order valence-corrected chi connectivity index (χ1v) is 11.1. The van der Waals surface area contributed by atoms with Crippen LogP contribution in [0.5, 0.6) is 5.75 Å². The number of halogens is 2. The fourth-order valence-corrected chi connectivity index (χ4v) is 3.60. The minimum atomic E-state index is -0.770. The van der Waals surface area contributed by atoms with Gasteiger partial charge < -0.3 is 15.0 Å². The third-order valence-electron chi connectivity index (χ3n) is 5.05. The Morgan fingerprint density at radius 1 is 1.00 bits per heavy atom. The van der Waals surface area contributed by atoms with Crippen molar-refractivity contribution in [3.05, 3.63) is 101 Å². The minimum absolute atomic E-state index is 0.132. The predicted molar refractivity (Wildman–Crippen MR) is 127 cm³/mol. The molecule has 0 bridgehead atoms. The normalized spacial score (nSPS) is 11.5. The molecule has 33 heavy (non-hydrogen) atoms. The molecule has 1 N–H and O–H groups in total. The smallest absolute Gasteiger partial charge is 0.261 e. The Morgan fingerprint density at radius 2 is 1.73 bits per heavy atom. The molecule has 0 aliphatic carbocycles. The summed E-state index contributed by atoms with van der Waals surface area (Å²) in [6.45, 7) is 2.12. The van der Waals surface area contributed by atoms with Crippen molar-refractivity contribution in [3.63, 3.8) is 0 Å². The Hall–Kier alpha value is -3.38. The van der Waals surface area contributed by atoms with Crippen LogP contribution in [0.2, 0.25) is 5.02 Å². The summed E-state index contributed by atoms with van der Waals surface area (Å²) in [4.78, 5) is 27.8. The van der Waals surface area contributed by atoms with E-state index >= 15 is 0 Å². The zero-order valence-corrected chi connectivity index (χ0v) is 19.1. The van der Waals surface area contributed by atoms with Gasteiger partial charge in [0.1, 0.15) is 17.6 Å². The molecule has 0 fully saturated rings. The van der Waals surface area contributed by atoms with E-state index in [0.29, 0.717) is 29.3 Å². The lowest BCUT2D eigenvalue weighted by Crippen LogP contribution is -2.51. The zero-order valence-electron chi connectivity index (χ0n) is 18.3. The molecule has 172 valence electrons. The summed E-state index contributed by atoms with van der Waals surface area (Å²) in [7, 11) is 0. The van der Waals surface area contributed by atoms with E-state index in [1.165, 1.54) is 17.0 Å². The SMILES string of the molecule is CCNC(=O)[C@H](Cc1ccccc1)N(Cc1ccc(F)cc1)C(=O)COc1cccc(Cl)c1. The van der Waals surface area contributed by atoms with Gasteiger partial charge in [-0.25, -0.2) is 4.39 Å².